The zero-order chi connectivity index (χ0) is 47.6. The summed E-state index contributed by atoms with van der Waals surface area (Å²) in [6.07, 6.45) is 56.5. The Morgan fingerprint density at radius 1 is 0.462 bits per heavy atom. The van der Waals surface area contributed by atoms with Gasteiger partial charge in [0.15, 0.2) is 6.10 Å². The maximum absolute atomic E-state index is 12.7. The molecule has 0 bridgehead atoms. The molecule has 3 N–H and O–H groups in total. The van der Waals surface area contributed by atoms with Crippen molar-refractivity contribution in [2.24, 2.45) is 0 Å². The van der Waals surface area contributed by atoms with Crippen LogP contribution in [0, 0.1) is 0 Å². The number of aliphatic hydroxyl groups excluding tert-OH is 2. The molecule has 3 atom stereocenters. The van der Waals surface area contributed by atoms with Crippen molar-refractivity contribution in [3.8, 4) is 0 Å². The van der Waals surface area contributed by atoms with E-state index in [-0.39, 0.29) is 19.4 Å². The van der Waals surface area contributed by atoms with Crippen LogP contribution in [0.2, 0.25) is 0 Å². The highest BCUT2D eigenvalue weighted by molar-refractivity contribution is 7.47. The van der Waals surface area contributed by atoms with Gasteiger partial charge in [0.1, 0.15) is 12.7 Å². The van der Waals surface area contributed by atoms with E-state index in [4.69, 9.17) is 23.6 Å². The van der Waals surface area contributed by atoms with E-state index in [0.29, 0.717) is 12.8 Å². The van der Waals surface area contributed by atoms with E-state index in [1.807, 2.05) is 0 Å². The van der Waals surface area contributed by atoms with Crippen molar-refractivity contribution in [3.05, 3.63) is 48.6 Å². The molecule has 0 heterocycles. The maximum Gasteiger partial charge on any atom is 0.472 e. The summed E-state index contributed by atoms with van der Waals surface area (Å²) in [4.78, 5) is 35.2. The second-order valence-electron chi connectivity index (χ2n) is 17.9. The molecule has 65 heavy (non-hydrogen) atoms. The summed E-state index contributed by atoms with van der Waals surface area (Å²) in [5, 5.41) is 18.4. The molecule has 10 nitrogen and oxygen atoms in total. The van der Waals surface area contributed by atoms with Crippen LogP contribution in [0.15, 0.2) is 48.6 Å². The van der Waals surface area contributed by atoms with Crippen LogP contribution < -0.4 is 0 Å². The fourth-order valence-electron chi connectivity index (χ4n) is 7.39. The monoisotopic (exact) mass is 939 g/mol. The summed E-state index contributed by atoms with van der Waals surface area (Å²) >= 11 is 0. The lowest BCUT2D eigenvalue weighted by Crippen LogP contribution is -2.29. The van der Waals surface area contributed by atoms with Gasteiger partial charge in [-0.15, -0.1) is 0 Å². The SMILES string of the molecule is CCCCC/C=C/C/C=C/C/C=C/C/C=C/CCCCCC(=O)OC[C@H](COP(=O)(O)OC[C@@H](O)CO)OC(=O)CCCCCCCCCCCCCCCCCCCCCCCCC. The molecule has 0 saturated carbocycles. The number of hydrogen-bond donors (Lipinski definition) is 3. The van der Waals surface area contributed by atoms with Crippen LogP contribution in [0.5, 0.6) is 0 Å². The van der Waals surface area contributed by atoms with Gasteiger partial charge in [-0.05, 0) is 57.8 Å². The van der Waals surface area contributed by atoms with E-state index >= 15 is 0 Å². The number of carbonyl (C=O) groups is 2. The molecule has 0 amide bonds. The number of phosphoric acid groups is 1. The maximum atomic E-state index is 12.7. The Kier molecular flexibility index (Phi) is 48.2. The summed E-state index contributed by atoms with van der Waals surface area (Å²) in [5.41, 5.74) is 0. The normalized spacial score (nSPS) is 14.0. The molecule has 11 heteroatoms. The molecule has 1 unspecified atom stereocenters. The summed E-state index contributed by atoms with van der Waals surface area (Å²) in [6.45, 7) is 2.36. The van der Waals surface area contributed by atoms with Crippen molar-refractivity contribution in [3.63, 3.8) is 0 Å². The molecule has 0 aromatic rings. The molecular formula is C54H99O10P. The summed E-state index contributed by atoms with van der Waals surface area (Å²) in [7, 11) is -4.63. The zero-order valence-electron chi connectivity index (χ0n) is 41.7. The third-order valence-electron chi connectivity index (χ3n) is 11.5. The number of phosphoric ester groups is 1. The Balaban J connectivity index is 4.18. The largest absolute Gasteiger partial charge is 0.472 e. The lowest BCUT2D eigenvalue weighted by molar-refractivity contribution is -0.161. The topological polar surface area (TPSA) is 149 Å². The van der Waals surface area contributed by atoms with Crippen molar-refractivity contribution < 1.29 is 47.8 Å². The number of ether oxygens (including phenoxy) is 2. The smallest absolute Gasteiger partial charge is 0.462 e. The number of esters is 2. The van der Waals surface area contributed by atoms with Gasteiger partial charge in [-0.1, -0.05) is 223 Å². The third-order valence-corrected chi connectivity index (χ3v) is 12.4. The Labute approximate surface area is 398 Å². The van der Waals surface area contributed by atoms with Crippen molar-refractivity contribution in [1.29, 1.82) is 0 Å². The Hall–Kier alpha value is -2.07. The van der Waals surface area contributed by atoms with E-state index in [2.05, 4.69) is 62.5 Å². The van der Waals surface area contributed by atoms with Crippen LogP contribution in [0.3, 0.4) is 0 Å². The van der Waals surface area contributed by atoms with Gasteiger partial charge in [0.25, 0.3) is 0 Å². The van der Waals surface area contributed by atoms with Crippen LogP contribution in [-0.2, 0) is 32.7 Å². The Bertz CT molecular complexity index is 1220. The molecule has 0 spiro atoms. The molecular weight excluding hydrogens is 840 g/mol. The van der Waals surface area contributed by atoms with E-state index in [1.165, 1.54) is 148 Å². The molecule has 0 aliphatic carbocycles. The average molecular weight is 939 g/mol. The number of unbranched alkanes of at least 4 members (excludes halogenated alkanes) is 28. The van der Waals surface area contributed by atoms with Gasteiger partial charge in [0.2, 0.25) is 0 Å². The van der Waals surface area contributed by atoms with E-state index < -0.39 is 51.8 Å². The van der Waals surface area contributed by atoms with Crippen LogP contribution in [0.4, 0.5) is 0 Å². The van der Waals surface area contributed by atoms with Crippen molar-refractivity contribution in [1.82, 2.24) is 0 Å². The second-order valence-corrected chi connectivity index (χ2v) is 19.4. The molecule has 0 aliphatic rings. The molecule has 380 valence electrons. The first-order chi connectivity index (χ1) is 31.7. The van der Waals surface area contributed by atoms with Crippen LogP contribution in [0.1, 0.15) is 245 Å². The van der Waals surface area contributed by atoms with Gasteiger partial charge in [0, 0.05) is 12.8 Å². The minimum Gasteiger partial charge on any atom is -0.462 e. The Morgan fingerprint density at radius 2 is 0.800 bits per heavy atom. The van der Waals surface area contributed by atoms with Gasteiger partial charge in [-0.3, -0.25) is 18.6 Å². The average Bonchev–Trinajstić information content (AvgIpc) is 3.30. The molecule has 0 rings (SSSR count). The van der Waals surface area contributed by atoms with E-state index in [1.54, 1.807) is 0 Å². The third kappa shape index (κ3) is 49.7. The van der Waals surface area contributed by atoms with Crippen molar-refractivity contribution in [2.45, 2.75) is 257 Å². The quantitative estimate of drug-likeness (QED) is 0.0233. The predicted molar refractivity (Wildman–Crippen MR) is 270 cm³/mol. The van der Waals surface area contributed by atoms with Crippen LogP contribution >= 0.6 is 7.82 Å². The summed E-state index contributed by atoms with van der Waals surface area (Å²) in [6, 6.07) is 0. The van der Waals surface area contributed by atoms with E-state index in [9.17, 15) is 24.2 Å². The number of aliphatic hydroxyl groups is 2. The molecule has 0 saturated heterocycles. The highest BCUT2D eigenvalue weighted by atomic mass is 31.2. The molecule has 0 aromatic carbocycles. The lowest BCUT2D eigenvalue weighted by atomic mass is 10.0. The fourth-order valence-corrected chi connectivity index (χ4v) is 8.18. The fraction of sp³-hybridized carbons (Fsp3) is 0.815. The van der Waals surface area contributed by atoms with Gasteiger partial charge >= 0.3 is 19.8 Å². The first kappa shape index (κ1) is 62.9. The highest BCUT2D eigenvalue weighted by Crippen LogP contribution is 2.43. The zero-order valence-corrected chi connectivity index (χ0v) is 42.6. The predicted octanol–water partition coefficient (Wildman–Crippen LogP) is 15.2. The first-order valence-electron chi connectivity index (χ1n) is 26.6. The Morgan fingerprint density at radius 3 is 1.23 bits per heavy atom. The van der Waals surface area contributed by atoms with Crippen LogP contribution in [-0.4, -0.2) is 65.7 Å². The second kappa shape index (κ2) is 49.8. The van der Waals surface area contributed by atoms with Gasteiger partial charge < -0.3 is 24.6 Å². The number of carbonyl (C=O) groups excluding carboxylic acids is 2. The highest BCUT2D eigenvalue weighted by Gasteiger charge is 2.27. The summed E-state index contributed by atoms with van der Waals surface area (Å²) in [5.74, 6) is -0.951. The molecule has 0 aromatic heterocycles. The van der Waals surface area contributed by atoms with Crippen molar-refractivity contribution in [2.75, 3.05) is 26.4 Å². The number of hydrogen-bond acceptors (Lipinski definition) is 9. The molecule has 0 radical (unpaired) electrons. The minimum atomic E-state index is -4.63. The van der Waals surface area contributed by atoms with Crippen molar-refractivity contribution >= 4 is 19.8 Å². The summed E-state index contributed by atoms with van der Waals surface area (Å²) < 4.78 is 32.9. The minimum absolute atomic E-state index is 0.180. The molecule has 0 aliphatic heterocycles. The van der Waals surface area contributed by atoms with Crippen LogP contribution in [0.25, 0.3) is 0 Å². The van der Waals surface area contributed by atoms with E-state index in [0.717, 1.165) is 57.8 Å². The number of allylic oxidation sites excluding steroid dienone is 8. The molecule has 0 fully saturated rings. The first-order valence-corrected chi connectivity index (χ1v) is 28.1. The lowest BCUT2D eigenvalue weighted by Gasteiger charge is -2.20. The number of rotatable bonds is 50. The van der Waals surface area contributed by atoms with Gasteiger partial charge in [-0.25, -0.2) is 4.57 Å². The standard InChI is InChI=1S/C54H99O10P/c1-3-5-7-9-11-13-15-17-19-21-23-24-25-26-28-30-32-34-36-38-40-42-44-46-54(58)64-52(50-63-65(59,60)62-48-51(56)47-55)49-61-53(57)45-43-41-39-37-35-33-31-29-27-22-20-18-16-14-12-10-8-6-4-2/h12,14,18,20,27,29,33,35,51-52,55-56H,3-11,13,15-17,19,21-26,28,30-32,34,36-50H2,1-2H3,(H,59,60)/b14-12+,20-18+,29-27+,35-33+/t51-,52+/m0/s1. The van der Waals surface area contributed by atoms with Gasteiger partial charge in [0.05, 0.1) is 19.8 Å². The van der Waals surface area contributed by atoms with Gasteiger partial charge in [-0.2, -0.15) is 0 Å².